The number of carbonyl (C=O) groups excluding carboxylic acids is 1. The van der Waals surface area contributed by atoms with Gasteiger partial charge in [-0.1, -0.05) is 224 Å². The maximum absolute atomic E-state index is 13.0. The summed E-state index contributed by atoms with van der Waals surface area (Å²) in [6, 6.07) is -0.824. The van der Waals surface area contributed by atoms with Gasteiger partial charge in [-0.3, -0.25) is 4.79 Å². The monoisotopic (exact) mass is 864 g/mol. The molecule has 1 aliphatic rings. The molecule has 6 N–H and O–H groups in total. The molecule has 7 atom stereocenters. The maximum atomic E-state index is 13.0. The van der Waals surface area contributed by atoms with Crippen LogP contribution in [0.2, 0.25) is 0 Å². The molecule has 1 amide bonds. The first-order valence-electron chi connectivity index (χ1n) is 25.7. The number of amides is 1. The molecular formula is C52H97NO8. The maximum Gasteiger partial charge on any atom is 0.220 e. The zero-order valence-corrected chi connectivity index (χ0v) is 39.4. The van der Waals surface area contributed by atoms with Crippen LogP contribution >= 0.6 is 0 Å². The van der Waals surface area contributed by atoms with Crippen molar-refractivity contribution in [3.8, 4) is 0 Å². The Labute approximate surface area is 374 Å². The lowest BCUT2D eigenvalue weighted by molar-refractivity contribution is -0.302. The molecule has 1 rings (SSSR count). The quantitative estimate of drug-likeness (QED) is 0.0262. The molecule has 1 saturated heterocycles. The first-order chi connectivity index (χ1) is 29.8. The van der Waals surface area contributed by atoms with Crippen molar-refractivity contribution in [3.05, 3.63) is 36.5 Å². The van der Waals surface area contributed by atoms with Gasteiger partial charge in [0.25, 0.3) is 0 Å². The van der Waals surface area contributed by atoms with Crippen LogP contribution in [0.4, 0.5) is 0 Å². The van der Waals surface area contributed by atoms with Crippen molar-refractivity contribution in [1.29, 1.82) is 0 Å². The predicted molar refractivity (Wildman–Crippen MR) is 253 cm³/mol. The van der Waals surface area contributed by atoms with Crippen LogP contribution in [0.1, 0.15) is 232 Å². The average molecular weight is 864 g/mol. The number of rotatable bonds is 43. The fourth-order valence-corrected chi connectivity index (χ4v) is 8.08. The molecule has 0 spiro atoms. The molecule has 0 saturated carbocycles. The van der Waals surface area contributed by atoms with Gasteiger partial charge in [0.05, 0.1) is 25.4 Å². The summed E-state index contributed by atoms with van der Waals surface area (Å²) in [4.78, 5) is 13.0. The van der Waals surface area contributed by atoms with Gasteiger partial charge >= 0.3 is 0 Å². The fourth-order valence-electron chi connectivity index (χ4n) is 8.08. The normalized spacial score (nSPS) is 20.7. The number of hydrogen-bond donors (Lipinski definition) is 6. The number of carbonyl (C=O) groups is 1. The third-order valence-corrected chi connectivity index (χ3v) is 12.2. The molecule has 0 bridgehead atoms. The van der Waals surface area contributed by atoms with E-state index in [0.717, 1.165) is 57.8 Å². The zero-order chi connectivity index (χ0) is 44.4. The van der Waals surface area contributed by atoms with Gasteiger partial charge in [0, 0.05) is 6.42 Å². The molecule has 358 valence electrons. The van der Waals surface area contributed by atoms with E-state index in [1.807, 2.05) is 6.08 Å². The molecule has 1 aliphatic heterocycles. The minimum Gasteiger partial charge on any atom is -0.394 e. The molecule has 0 aromatic carbocycles. The van der Waals surface area contributed by atoms with Crippen LogP contribution < -0.4 is 5.32 Å². The first kappa shape index (κ1) is 57.4. The zero-order valence-electron chi connectivity index (χ0n) is 39.4. The van der Waals surface area contributed by atoms with Gasteiger partial charge in [-0.05, 0) is 38.5 Å². The number of nitrogens with one attached hydrogen (secondary N) is 1. The molecule has 1 fully saturated rings. The lowest BCUT2D eigenvalue weighted by Crippen LogP contribution is -2.60. The number of ether oxygens (including phenoxy) is 2. The van der Waals surface area contributed by atoms with E-state index >= 15 is 0 Å². The Bertz CT molecular complexity index is 1050. The summed E-state index contributed by atoms with van der Waals surface area (Å²) in [6.07, 6.45) is 46.5. The van der Waals surface area contributed by atoms with E-state index < -0.39 is 49.5 Å². The molecule has 7 unspecified atom stereocenters. The van der Waals surface area contributed by atoms with Gasteiger partial charge in [0.1, 0.15) is 24.4 Å². The summed E-state index contributed by atoms with van der Waals surface area (Å²) in [5.74, 6) is -0.189. The Morgan fingerprint density at radius 3 is 1.34 bits per heavy atom. The smallest absolute Gasteiger partial charge is 0.220 e. The number of aliphatic hydroxyl groups excluding tert-OH is 5. The third-order valence-electron chi connectivity index (χ3n) is 12.2. The van der Waals surface area contributed by atoms with Crippen molar-refractivity contribution in [1.82, 2.24) is 5.32 Å². The average Bonchev–Trinajstić information content (AvgIpc) is 3.26. The third kappa shape index (κ3) is 32.7. The Kier molecular flexibility index (Phi) is 39.9. The van der Waals surface area contributed by atoms with Crippen LogP contribution in [0.5, 0.6) is 0 Å². The second-order valence-corrected chi connectivity index (χ2v) is 18.0. The summed E-state index contributed by atoms with van der Waals surface area (Å²) in [5.41, 5.74) is 0. The van der Waals surface area contributed by atoms with Crippen LogP contribution in [-0.4, -0.2) is 87.5 Å². The Balaban J connectivity index is 2.18. The largest absolute Gasteiger partial charge is 0.394 e. The van der Waals surface area contributed by atoms with Crippen molar-refractivity contribution in [2.24, 2.45) is 0 Å². The van der Waals surface area contributed by atoms with Gasteiger partial charge in [-0.2, -0.15) is 0 Å². The Hall–Kier alpha value is -1.59. The molecule has 61 heavy (non-hydrogen) atoms. The number of allylic oxidation sites excluding steroid dienone is 5. The first-order valence-corrected chi connectivity index (χ1v) is 25.7. The van der Waals surface area contributed by atoms with E-state index in [1.165, 1.54) is 154 Å². The summed E-state index contributed by atoms with van der Waals surface area (Å²) in [7, 11) is 0. The summed E-state index contributed by atoms with van der Waals surface area (Å²) < 4.78 is 11.2. The van der Waals surface area contributed by atoms with E-state index in [9.17, 15) is 30.3 Å². The molecule has 0 radical (unpaired) electrons. The minimum atomic E-state index is -1.57. The van der Waals surface area contributed by atoms with Crippen molar-refractivity contribution in [2.45, 2.75) is 275 Å². The second-order valence-electron chi connectivity index (χ2n) is 18.0. The number of aliphatic hydroxyl groups is 5. The highest BCUT2D eigenvalue weighted by Gasteiger charge is 2.44. The Morgan fingerprint density at radius 1 is 0.541 bits per heavy atom. The van der Waals surface area contributed by atoms with E-state index in [1.54, 1.807) is 6.08 Å². The van der Waals surface area contributed by atoms with Crippen molar-refractivity contribution < 1.29 is 39.8 Å². The molecule has 0 aromatic rings. The molecule has 0 aromatic heterocycles. The second kappa shape index (κ2) is 42.4. The van der Waals surface area contributed by atoms with Crippen LogP contribution in [0.15, 0.2) is 36.5 Å². The molecular weight excluding hydrogens is 767 g/mol. The fraction of sp³-hybridized carbons (Fsp3) is 0.865. The summed E-state index contributed by atoms with van der Waals surface area (Å²) in [6.45, 7) is 3.69. The highest BCUT2D eigenvalue weighted by Crippen LogP contribution is 2.23. The minimum absolute atomic E-state index is 0.189. The van der Waals surface area contributed by atoms with Crippen LogP contribution in [0.25, 0.3) is 0 Å². The molecule has 9 nitrogen and oxygen atoms in total. The van der Waals surface area contributed by atoms with Crippen LogP contribution in [0.3, 0.4) is 0 Å². The van der Waals surface area contributed by atoms with E-state index in [0.29, 0.717) is 6.42 Å². The van der Waals surface area contributed by atoms with Crippen molar-refractivity contribution >= 4 is 5.91 Å². The van der Waals surface area contributed by atoms with Crippen molar-refractivity contribution in [3.63, 3.8) is 0 Å². The summed E-state index contributed by atoms with van der Waals surface area (Å²) >= 11 is 0. The molecule has 1 heterocycles. The lowest BCUT2D eigenvalue weighted by Gasteiger charge is -2.40. The summed E-state index contributed by atoms with van der Waals surface area (Å²) in [5, 5.41) is 54.1. The van der Waals surface area contributed by atoms with Gasteiger partial charge in [-0.25, -0.2) is 0 Å². The molecule has 0 aliphatic carbocycles. The lowest BCUT2D eigenvalue weighted by atomic mass is 9.99. The van der Waals surface area contributed by atoms with Gasteiger partial charge in [-0.15, -0.1) is 0 Å². The van der Waals surface area contributed by atoms with Gasteiger partial charge < -0.3 is 40.3 Å². The predicted octanol–water partition coefficient (Wildman–Crippen LogP) is 11.6. The topological polar surface area (TPSA) is 149 Å². The van der Waals surface area contributed by atoms with Crippen LogP contribution in [-0.2, 0) is 14.3 Å². The van der Waals surface area contributed by atoms with Gasteiger partial charge in [0.15, 0.2) is 6.29 Å². The van der Waals surface area contributed by atoms with Gasteiger partial charge in [0.2, 0.25) is 5.91 Å². The van der Waals surface area contributed by atoms with E-state index in [-0.39, 0.29) is 12.5 Å². The van der Waals surface area contributed by atoms with E-state index in [2.05, 4.69) is 43.5 Å². The standard InChI is InChI=1S/C52H97NO8/c1-3-5-7-9-11-13-15-16-17-18-19-20-21-22-23-24-25-26-27-28-29-30-32-34-36-38-40-42-48(56)53-45(44-60-52-51(59)50(58)49(57)47(43-54)61-52)46(55)41-39-37-35-33-31-14-12-10-8-6-4-2/h8,10,31,33,39,41,45-47,49-52,54-55,57-59H,3-7,9,11-30,32,34-38,40,42-44H2,1-2H3,(H,53,56)/b10-8+,33-31+,41-39+. The SMILES string of the molecule is CCC/C=C/CC/C=C/CC/C=C/C(O)C(COC1OC(CO)C(O)C(O)C1O)NC(=O)CCCCCCCCCCCCCCCCCCCCCCCCCCCCC. The number of hydrogen-bond acceptors (Lipinski definition) is 8. The Morgan fingerprint density at radius 2 is 0.934 bits per heavy atom. The number of unbranched alkanes of at least 4 members (excludes halogenated alkanes) is 29. The highest BCUT2D eigenvalue weighted by atomic mass is 16.7. The van der Waals surface area contributed by atoms with E-state index in [4.69, 9.17) is 9.47 Å². The van der Waals surface area contributed by atoms with Crippen molar-refractivity contribution in [2.75, 3.05) is 13.2 Å². The van der Waals surface area contributed by atoms with Crippen LogP contribution in [0, 0.1) is 0 Å². The highest BCUT2D eigenvalue weighted by molar-refractivity contribution is 5.76. The molecule has 9 heteroatoms.